The van der Waals surface area contributed by atoms with E-state index in [4.69, 9.17) is 0 Å². The maximum absolute atomic E-state index is 11.9. The minimum atomic E-state index is 0.186. The zero-order chi connectivity index (χ0) is 13.1. The summed E-state index contributed by atoms with van der Waals surface area (Å²) in [6, 6.07) is 0.320. The zero-order valence-electron chi connectivity index (χ0n) is 11.5. The normalized spacial score (nSPS) is 30.1. The van der Waals surface area contributed by atoms with Gasteiger partial charge in [-0.1, -0.05) is 0 Å². The highest BCUT2D eigenvalue weighted by molar-refractivity contribution is 5.92. The van der Waals surface area contributed by atoms with Crippen molar-refractivity contribution < 1.29 is 9.59 Å². The number of Topliss-reactive ketones (excluding diaryl/α,β-unsaturated/α-hetero) is 1. The van der Waals surface area contributed by atoms with Gasteiger partial charge >= 0.3 is 0 Å². The van der Waals surface area contributed by atoms with Crippen molar-refractivity contribution in [3.05, 3.63) is 0 Å². The Morgan fingerprint density at radius 1 is 1.11 bits per heavy atom. The quantitative estimate of drug-likeness (QED) is 0.760. The lowest BCUT2D eigenvalue weighted by Gasteiger charge is -2.38. The van der Waals surface area contributed by atoms with Crippen molar-refractivity contribution >= 4 is 11.7 Å². The Hall–Kier alpha value is -0.900. The molecule has 4 nitrogen and oxygen atoms in total. The van der Waals surface area contributed by atoms with Gasteiger partial charge in [-0.3, -0.25) is 9.59 Å². The third-order valence-corrected chi connectivity index (χ3v) is 4.17. The number of nitrogens with zero attached hydrogens (tertiary/aromatic N) is 2. The topological polar surface area (TPSA) is 40.6 Å². The highest BCUT2D eigenvalue weighted by Gasteiger charge is 2.32. The van der Waals surface area contributed by atoms with E-state index in [0.29, 0.717) is 25.4 Å². The van der Waals surface area contributed by atoms with Gasteiger partial charge in [0.05, 0.1) is 6.54 Å². The van der Waals surface area contributed by atoms with Crippen LogP contribution in [0.15, 0.2) is 0 Å². The lowest BCUT2D eigenvalue weighted by atomic mass is 9.84. The molecule has 2 aliphatic rings. The summed E-state index contributed by atoms with van der Waals surface area (Å²) in [7, 11) is 4.22. The summed E-state index contributed by atoms with van der Waals surface area (Å²) >= 11 is 0. The van der Waals surface area contributed by atoms with E-state index in [1.807, 2.05) is 4.90 Å². The Morgan fingerprint density at radius 2 is 1.78 bits per heavy atom. The molecule has 2 rings (SSSR count). The summed E-state index contributed by atoms with van der Waals surface area (Å²) in [6.07, 6.45) is 5.37. The van der Waals surface area contributed by atoms with Gasteiger partial charge in [-0.2, -0.15) is 0 Å². The van der Waals surface area contributed by atoms with Crippen LogP contribution in [0.5, 0.6) is 0 Å². The molecule has 0 unspecified atom stereocenters. The summed E-state index contributed by atoms with van der Waals surface area (Å²) in [6.45, 7) is 1.50. The number of carbonyl (C=O) groups is 2. The molecule has 18 heavy (non-hydrogen) atoms. The van der Waals surface area contributed by atoms with Gasteiger partial charge in [-0.25, -0.2) is 0 Å². The van der Waals surface area contributed by atoms with Gasteiger partial charge in [0.2, 0.25) is 5.91 Å². The Labute approximate surface area is 109 Å². The molecule has 1 aliphatic heterocycles. The Kier molecular flexibility index (Phi) is 4.38. The molecule has 0 radical (unpaired) electrons. The molecule has 2 fully saturated rings. The highest BCUT2D eigenvalue weighted by Crippen LogP contribution is 2.29. The molecule has 0 N–H and O–H groups in total. The van der Waals surface area contributed by atoms with Gasteiger partial charge < -0.3 is 9.80 Å². The van der Waals surface area contributed by atoms with Crippen molar-refractivity contribution in [3.8, 4) is 0 Å². The van der Waals surface area contributed by atoms with Crippen LogP contribution in [0.4, 0.5) is 0 Å². The number of amides is 1. The van der Waals surface area contributed by atoms with Gasteiger partial charge in [0, 0.05) is 25.4 Å². The first-order valence-electron chi connectivity index (χ1n) is 7.02. The molecule has 0 aromatic heterocycles. The van der Waals surface area contributed by atoms with Gasteiger partial charge in [0.1, 0.15) is 0 Å². The maximum Gasteiger partial charge on any atom is 0.223 e. The third-order valence-electron chi connectivity index (χ3n) is 4.17. The minimum Gasteiger partial charge on any atom is -0.332 e. The highest BCUT2D eigenvalue weighted by atomic mass is 16.2. The summed E-state index contributed by atoms with van der Waals surface area (Å²) < 4.78 is 0. The van der Waals surface area contributed by atoms with E-state index in [9.17, 15) is 9.59 Å². The smallest absolute Gasteiger partial charge is 0.223 e. The molecule has 102 valence electrons. The minimum absolute atomic E-state index is 0.186. The van der Waals surface area contributed by atoms with Crippen LogP contribution in [-0.4, -0.2) is 54.7 Å². The Morgan fingerprint density at radius 3 is 2.39 bits per heavy atom. The fourth-order valence-corrected chi connectivity index (χ4v) is 3.24. The number of rotatable bonds is 3. The molecule has 0 aromatic rings. The molecular weight excluding hydrogens is 228 g/mol. The van der Waals surface area contributed by atoms with Crippen molar-refractivity contribution in [2.75, 3.05) is 27.2 Å². The van der Waals surface area contributed by atoms with E-state index in [1.54, 1.807) is 0 Å². The number of hydrogen-bond acceptors (Lipinski definition) is 3. The third kappa shape index (κ3) is 3.31. The van der Waals surface area contributed by atoms with Gasteiger partial charge in [0.15, 0.2) is 5.78 Å². The standard InChI is InChI=1S/C14H24N2O2/c1-15(2)9-11-3-5-12(6-4-11)16-10-13(17)7-8-14(16)18/h11-12H,3-10H2,1-2H3. The van der Waals surface area contributed by atoms with Crippen LogP contribution in [0.25, 0.3) is 0 Å². The SMILES string of the molecule is CN(C)CC1CCC(N2CC(=O)CCC2=O)CC1. The summed E-state index contributed by atoms with van der Waals surface area (Å²) in [5.74, 6) is 1.17. The molecular formula is C14H24N2O2. The van der Waals surface area contributed by atoms with Crippen molar-refractivity contribution in [1.82, 2.24) is 9.80 Å². The largest absolute Gasteiger partial charge is 0.332 e. The second-order valence-corrected chi connectivity index (χ2v) is 6.00. The van der Waals surface area contributed by atoms with Crippen LogP contribution in [0.1, 0.15) is 38.5 Å². The summed E-state index contributed by atoms with van der Waals surface area (Å²) in [4.78, 5) is 27.4. The number of likely N-dealkylation sites (tertiary alicyclic amines) is 1. The van der Waals surface area contributed by atoms with Gasteiger partial charge in [0.25, 0.3) is 0 Å². The first-order valence-corrected chi connectivity index (χ1v) is 7.02. The van der Waals surface area contributed by atoms with Gasteiger partial charge in [-0.05, 0) is 45.7 Å². The molecule has 0 bridgehead atoms. The number of hydrogen-bond donors (Lipinski definition) is 0. The van der Waals surface area contributed by atoms with Crippen LogP contribution in [0, 0.1) is 5.92 Å². The van der Waals surface area contributed by atoms with E-state index in [0.717, 1.165) is 25.3 Å². The van der Waals surface area contributed by atoms with Crippen molar-refractivity contribution in [1.29, 1.82) is 0 Å². The molecule has 4 heteroatoms. The Bertz CT molecular complexity index is 320. The predicted octanol–water partition coefficient (Wildman–Crippen LogP) is 1.30. The van der Waals surface area contributed by atoms with E-state index in [2.05, 4.69) is 19.0 Å². The lowest BCUT2D eigenvalue weighted by Crippen LogP contribution is -2.48. The molecule has 1 heterocycles. The van der Waals surface area contributed by atoms with Gasteiger partial charge in [-0.15, -0.1) is 0 Å². The summed E-state index contributed by atoms with van der Waals surface area (Å²) in [5.41, 5.74) is 0. The average Bonchev–Trinajstić information content (AvgIpc) is 2.33. The lowest BCUT2D eigenvalue weighted by molar-refractivity contribution is -0.143. The van der Waals surface area contributed by atoms with Crippen LogP contribution in [0.2, 0.25) is 0 Å². The van der Waals surface area contributed by atoms with Crippen molar-refractivity contribution in [3.63, 3.8) is 0 Å². The molecule has 1 saturated carbocycles. The predicted molar refractivity (Wildman–Crippen MR) is 70.3 cm³/mol. The van der Waals surface area contributed by atoms with E-state index in [-0.39, 0.29) is 11.7 Å². The van der Waals surface area contributed by atoms with E-state index < -0.39 is 0 Å². The molecule has 1 aliphatic carbocycles. The fourth-order valence-electron chi connectivity index (χ4n) is 3.24. The molecule has 0 aromatic carbocycles. The average molecular weight is 252 g/mol. The van der Waals surface area contributed by atoms with Crippen LogP contribution >= 0.6 is 0 Å². The van der Waals surface area contributed by atoms with Crippen molar-refractivity contribution in [2.45, 2.75) is 44.6 Å². The molecule has 1 saturated heterocycles. The zero-order valence-corrected chi connectivity index (χ0v) is 11.5. The van der Waals surface area contributed by atoms with E-state index in [1.165, 1.54) is 12.8 Å². The second-order valence-electron chi connectivity index (χ2n) is 6.00. The van der Waals surface area contributed by atoms with Crippen LogP contribution in [-0.2, 0) is 9.59 Å². The molecule has 0 atom stereocenters. The molecule has 0 spiro atoms. The maximum atomic E-state index is 11.9. The van der Waals surface area contributed by atoms with Crippen LogP contribution in [0.3, 0.4) is 0 Å². The Balaban J connectivity index is 1.85. The first-order chi connectivity index (χ1) is 8.56. The fraction of sp³-hybridized carbons (Fsp3) is 0.857. The monoisotopic (exact) mass is 252 g/mol. The number of carbonyl (C=O) groups excluding carboxylic acids is 2. The number of ketones is 1. The van der Waals surface area contributed by atoms with Crippen molar-refractivity contribution in [2.24, 2.45) is 5.92 Å². The summed E-state index contributed by atoms with van der Waals surface area (Å²) in [5, 5.41) is 0. The van der Waals surface area contributed by atoms with E-state index >= 15 is 0 Å². The first kappa shape index (κ1) is 13.5. The second kappa shape index (κ2) is 5.83. The number of piperidine rings is 1. The molecule has 1 amide bonds. The van der Waals surface area contributed by atoms with Crippen LogP contribution < -0.4 is 0 Å².